The van der Waals surface area contributed by atoms with Crippen molar-refractivity contribution in [1.82, 2.24) is 10.2 Å². The van der Waals surface area contributed by atoms with Crippen LogP contribution in [0.2, 0.25) is 0 Å². The molecule has 0 aliphatic heterocycles. The van der Waals surface area contributed by atoms with Crippen molar-refractivity contribution >= 4 is 24.2 Å². The maximum absolute atomic E-state index is 12.0. The summed E-state index contributed by atoms with van der Waals surface area (Å²) >= 11 is 0. The summed E-state index contributed by atoms with van der Waals surface area (Å²) in [6.45, 7) is 3.77. The summed E-state index contributed by atoms with van der Waals surface area (Å²) in [6, 6.07) is 6.79. The van der Waals surface area contributed by atoms with E-state index < -0.39 is 0 Å². The van der Waals surface area contributed by atoms with Crippen LogP contribution in [-0.4, -0.2) is 43.4 Å². The molecule has 21 heavy (non-hydrogen) atoms. The number of nitrogens with two attached hydrogens (primary N) is 1. The topological polar surface area (TPSA) is 75.4 Å². The van der Waals surface area contributed by atoms with Crippen molar-refractivity contribution in [2.75, 3.05) is 26.7 Å². The van der Waals surface area contributed by atoms with Gasteiger partial charge < -0.3 is 16.0 Å². The summed E-state index contributed by atoms with van der Waals surface area (Å²) in [5.41, 5.74) is 6.44. The van der Waals surface area contributed by atoms with Crippen molar-refractivity contribution in [1.29, 1.82) is 0 Å². The first-order valence-electron chi connectivity index (χ1n) is 6.94. The van der Waals surface area contributed by atoms with Gasteiger partial charge in [-0.2, -0.15) is 0 Å². The van der Waals surface area contributed by atoms with E-state index in [0.717, 1.165) is 12.8 Å². The SMILES string of the molecule is CCN(C)C(=O)c1cccc(C(=O)NCCCCN)c1.Cl. The molecule has 2 amide bonds. The molecule has 5 nitrogen and oxygen atoms in total. The van der Waals surface area contributed by atoms with Crippen molar-refractivity contribution < 1.29 is 9.59 Å². The van der Waals surface area contributed by atoms with Crippen molar-refractivity contribution in [3.05, 3.63) is 35.4 Å². The Kier molecular flexibility index (Phi) is 9.41. The molecule has 0 saturated heterocycles. The molecule has 0 unspecified atom stereocenters. The first-order chi connectivity index (χ1) is 9.60. The highest BCUT2D eigenvalue weighted by Gasteiger charge is 2.12. The molecular weight excluding hydrogens is 290 g/mol. The van der Waals surface area contributed by atoms with Gasteiger partial charge in [-0.25, -0.2) is 0 Å². The Morgan fingerprint density at radius 2 is 1.90 bits per heavy atom. The van der Waals surface area contributed by atoms with Crippen molar-refractivity contribution in [2.45, 2.75) is 19.8 Å². The highest BCUT2D eigenvalue weighted by molar-refractivity contribution is 5.99. The molecule has 6 heteroatoms. The van der Waals surface area contributed by atoms with E-state index in [1.54, 1.807) is 36.2 Å². The molecule has 1 aromatic rings. The molecule has 0 heterocycles. The molecule has 0 saturated carbocycles. The number of benzene rings is 1. The highest BCUT2D eigenvalue weighted by atomic mass is 35.5. The first kappa shape index (κ1) is 19.4. The van der Waals surface area contributed by atoms with Gasteiger partial charge in [0.2, 0.25) is 0 Å². The molecule has 0 bridgehead atoms. The average molecular weight is 314 g/mol. The van der Waals surface area contributed by atoms with E-state index in [1.807, 2.05) is 6.92 Å². The normalized spacial score (nSPS) is 9.67. The van der Waals surface area contributed by atoms with Gasteiger partial charge in [0.05, 0.1) is 0 Å². The number of nitrogens with zero attached hydrogens (tertiary/aromatic N) is 1. The molecule has 0 aromatic heterocycles. The molecule has 0 fully saturated rings. The van der Waals surface area contributed by atoms with Crippen LogP contribution in [0, 0.1) is 0 Å². The van der Waals surface area contributed by atoms with E-state index in [-0.39, 0.29) is 24.2 Å². The molecule has 0 atom stereocenters. The van der Waals surface area contributed by atoms with Crippen LogP contribution < -0.4 is 11.1 Å². The molecule has 1 rings (SSSR count). The van der Waals surface area contributed by atoms with Crippen LogP contribution >= 0.6 is 12.4 Å². The summed E-state index contributed by atoms with van der Waals surface area (Å²) in [4.78, 5) is 25.6. The minimum absolute atomic E-state index is 0. The lowest BCUT2D eigenvalue weighted by Crippen LogP contribution is -2.27. The number of halogens is 1. The van der Waals surface area contributed by atoms with Gasteiger partial charge in [0.15, 0.2) is 0 Å². The zero-order valence-electron chi connectivity index (χ0n) is 12.6. The molecule has 0 radical (unpaired) electrons. The van der Waals surface area contributed by atoms with E-state index in [2.05, 4.69) is 5.32 Å². The van der Waals surface area contributed by atoms with Crippen LogP contribution in [0.25, 0.3) is 0 Å². The Hall–Kier alpha value is -1.59. The second kappa shape index (κ2) is 10.2. The van der Waals surface area contributed by atoms with Crippen LogP contribution in [0.5, 0.6) is 0 Å². The lowest BCUT2D eigenvalue weighted by molar-refractivity contribution is 0.0802. The summed E-state index contributed by atoms with van der Waals surface area (Å²) in [5, 5.41) is 2.82. The fourth-order valence-electron chi connectivity index (χ4n) is 1.73. The Labute approximate surface area is 132 Å². The smallest absolute Gasteiger partial charge is 0.253 e. The lowest BCUT2D eigenvalue weighted by Gasteiger charge is -2.14. The van der Waals surface area contributed by atoms with Crippen LogP contribution in [0.3, 0.4) is 0 Å². The number of hydrogen-bond donors (Lipinski definition) is 2. The van der Waals surface area contributed by atoms with Crippen LogP contribution in [-0.2, 0) is 0 Å². The van der Waals surface area contributed by atoms with Crippen LogP contribution in [0.1, 0.15) is 40.5 Å². The largest absolute Gasteiger partial charge is 0.352 e. The monoisotopic (exact) mass is 313 g/mol. The molecule has 0 aliphatic rings. The second-order valence-electron chi connectivity index (χ2n) is 4.65. The predicted molar refractivity (Wildman–Crippen MR) is 86.9 cm³/mol. The molecule has 3 N–H and O–H groups in total. The van der Waals surface area contributed by atoms with E-state index in [9.17, 15) is 9.59 Å². The third-order valence-electron chi connectivity index (χ3n) is 3.11. The second-order valence-corrected chi connectivity index (χ2v) is 4.65. The number of carbonyl (C=O) groups is 2. The average Bonchev–Trinajstić information content (AvgIpc) is 2.49. The zero-order chi connectivity index (χ0) is 15.0. The van der Waals surface area contributed by atoms with Gasteiger partial charge in [0.1, 0.15) is 0 Å². The summed E-state index contributed by atoms with van der Waals surface area (Å²) in [5.74, 6) is -0.235. The van der Waals surface area contributed by atoms with Gasteiger partial charge in [0, 0.05) is 31.3 Å². The van der Waals surface area contributed by atoms with Gasteiger partial charge in [-0.1, -0.05) is 6.07 Å². The van der Waals surface area contributed by atoms with E-state index in [0.29, 0.717) is 30.8 Å². The maximum atomic E-state index is 12.0. The molecule has 0 aliphatic carbocycles. The van der Waals surface area contributed by atoms with E-state index >= 15 is 0 Å². The third kappa shape index (κ3) is 6.14. The van der Waals surface area contributed by atoms with E-state index in [1.165, 1.54) is 0 Å². The maximum Gasteiger partial charge on any atom is 0.253 e. The standard InChI is InChI=1S/C15H23N3O2.ClH/c1-3-18(2)15(20)13-8-6-7-12(11-13)14(19)17-10-5-4-9-16;/h6-8,11H,3-5,9-10,16H2,1-2H3,(H,17,19);1H. The van der Waals surface area contributed by atoms with Crippen LogP contribution in [0.15, 0.2) is 24.3 Å². The number of hydrogen-bond acceptors (Lipinski definition) is 3. The number of nitrogens with one attached hydrogen (secondary N) is 1. The van der Waals surface area contributed by atoms with Gasteiger partial charge in [-0.15, -0.1) is 12.4 Å². The minimum atomic E-state index is -0.157. The van der Waals surface area contributed by atoms with Gasteiger partial charge >= 0.3 is 0 Å². The number of carbonyl (C=O) groups excluding carboxylic acids is 2. The molecule has 0 spiro atoms. The number of rotatable bonds is 7. The molecule has 1 aromatic carbocycles. The summed E-state index contributed by atoms with van der Waals surface area (Å²) in [6.07, 6.45) is 1.75. The third-order valence-corrected chi connectivity index (χ3v) is 3.11. The predicted octanol–water partition coefficient (Wildman–Crippen LogP) is 1.67. The first-order valence-corrected chi connectivity index (χ1v) is 6.94. The summed E-state index contributed by atoms with van der Waals surface area (Å²) in [7, 11) is 1.74. The highest BCUT2D eigenvalue weighted by Crippen LogP contribution is 2.08. The fourth-order valence-corrected chi connectivity index (χ4v) is 1.73. The fraction of sp³-hybridized carbons (Fsp3) is 0.467. The number of unbranched alkanes of at least 4 members (excludes halogenated alkanes) is 1. The minimum Gasteiger partial charge on any atom is -0.352 e. The summed E-state index contributed by atoms with van der Waals surface area (Å²) < 4.78 is 0. The van der Waals surface area contributed by atoms with Gasteiger partial charge in [-0.3, -0.25) is 9.59 Å². The Bertz CT molecular complexity index is 466. The van der Waals surface area contributed by atoms with Crippen molar-refractivity contribution in [3.63, 3.8) is 0 Å². The Morgan fingerprint density at radius 1 is 1.24 bits per heavy atom. The van der Waals surface area contributed by atoms with Crippen LogP contribution in [0.4, 0.5) is 0 Å². The Balaban J connectivity index is 0.00000400. The van der Waals surface area contributed by atoms with Gasteiger partial charge in [-0.05, 0) is 44.5 Å². The molecule has 118 valence electrons. The van der Waals surface area contributed by atoms with Gasteiger partial charge in [0.25, 0.3) is 11.8 Å². The Morgan fingerprint density at radius 3 is 2.52 bits per heavy atom. The number of amides is 2. The van der Waals surface area contributed by atoms with Crippen molar-refractivity contribution in [2.24, 2.45) is 5.73 Å². The lowest BCUT2D eigenvalue weighted by atomic mass is 10.1. The molecular formula is C15H24ClN3O2. The van der Waals surface area contributed by atoms with Crippen molar-refractivity contribution in [3.8, 4) is 0 Å². The van der Waals surface area contributed by atoms with E-state index in [4.69, 9.17) is 5.73 Å². The quantitative estimate of drug-likeness (QED) is 0.752. The zero-order valence-corrected chi connectivity index (χ0v) is 13.4.